The third-order valence-electron chi connectivity index (χ3n) is 14.1. The number of azide groups is 1. The standard InChI is InChI=1S/C21H39N5O5S.C21H38N2O5S.2C2HF3O2.CH3FS.CH4O.CH4/c1-7-8-12-9-13(26(5)10-12)19(30)23-18(21(3,4)11(2)24-25-22)17-15(28)14(27)16(29)20(31-17)32-6;1-7-9-12-10-13(23(5)11-12)19(27)22-18(21(3,4)8-2)17-15(25)14(24)16(26)20(28-17)29-6;2*3-2(4,5)1(6)7;1-3-2;1-2;/h11-18,20,27-29H,7-10H2,1-6H3,(H,23,30);8,12-18,20,24-26H,2,7,9-11H2,1,3-6H3,(H,22,27);2*(H,6,7);1H3;2H,1H3;1H4/t11?,12-,13+,14-,15?,16-,17+,18+,20?;12-,13+,14-,15?,16-,17+,18+,20?;;;;;/m11...../s1. The van der Waals surface area contributed by atoms with Crippen LogP contribution in [0.4, 0.5) is 30.2 Å². The van der Waals surface area contributed by atoms with Gasteiger partial charge >= 0.3 is 24.3 Å². The number of carbonyl (C=O) groups excluding carboxylic acids is 2. The Hall–Kier alpha value is -2.95. The molecule has 478 valence electrons. The molecule has 4 fully saturated rings. The van der Waals surface area contributed by atoms with Crippen molar-refractivity contribution in [2.45, 2.75) is 197 Å². The number of amides is 2. The van der Waals surface area contributed by atoms with Gasteiger partial charge in [0.2, 0.25) is 11.8 Å². The SMILES string of the molecule is C.C=CC(C)(C)[C@@H](NC(=O)[C@@H]1C[C@@H](CCC)CN1C)[C@H]1OC(SC)[C@H](O)[C@H](O)C1O.CCC[C@@H]1C[C@@H](C(=O)N[C@@H]([C@H]2OC(SC)[C@H](O)[C@H](O)C2O)C(C)(C)C(C)N=[N+]=[N-])N(C)C1.CO.CSF.O=C(O)C(F)(F)F.O=C(O)C(F)(F)F. The molecular weight excluding hydrogens is 1160 g/mol. The average Bonchev–Trinajstić information content (AvgIpc) is 3.95. The number of halogens is 7. The summed E-state index contributed by atoms with van der Waals surface area (Å²) < 4.78 is 85.6. The minimum absolute atomic E-state index is 0. The zero-order valence-corrected chi connectivity index (χ0v) is 49.8. The summed E-state index contributed by atoms with van der Waals surface area (Å²) in [6, 6.07) is -2.48. The number of aliphatic hydroxyl groups excluding tert-OH is 7. The Labute approximate surface area is 483 Å². The van der Waals surface area contributed by atoms with E-state index in [-0.39, 0.29) is 43.5 Å². The van der Waals surface area contributed by atoms with Gasteiger partial charge in [-0.3, -0.25) is 19.4 Å². The van der Waals surface area contributed by atoms with Gasteiger partial charge in [-0.05, 0) is 75.1 Å². The molecule has 4 heterocycles. The molecule has 0 aromatic rings. The summed E-state index contributed by atoms with van der Waals surface area (Å²) >= 11 is 2.72. The van der Waals surface area contributed by atoms with Crippen LogP contribution >= 0.6 is 35.7 Å². The van der Waals surface area contributed by atoms with Gasteiger partial charge in [-0.15, -0.1) is 30.1 Å². The highest BCUT2D eigenvalue weighted by Crippen LogP contribution is 2.39. The highest BCUT2D eigenvalue weighted by molar-refractivity contribution is 7.99. The maximum atomic E-state index is 13.4. The number of hydrogen-bond donors (Lipinski definition) is 11. The fraction of sp³-hybridized carbons (Fsp3) is 0.878. The molecular formula is C49H90F7N7O15S3. The second-order valence-corrected chi connectivity index (χ2v) is 22.7. The van der Waals surface area contributed by atoms with Crippen LogP contribution in [0.25, 0.3) is 10.4 Å². The Bertz CT molecular complexity index is 1900. The third-order valence-corrected chi connectivity index (χ3v) is 15.8. The van der Waals surface area contributed by atoms with E-state index in [0.29, 0.717) is 11.8 Å². The van der Waals surface area contributed by atoms with E-state index < -0.39 is 113 Å². The normalized spacial score (nSPS) is 29.7. The number of likely N-dealkylation sites (tertiary alicyclic amines) is 2. The topological polar surface area (TPSA) is 348 Å². The van der Waals surface area contributed by atoms with E-state index >= 15 is 0 Å². The number of nitrogens with one attached hydrogen (secondary N) is 2. The van der Waals surface area contributed by atoms with Crippen LogP contribution in [0, 0.1) is 22.7 Å². The lowest BCUT2D eigenvalue weighted by atomic mass is 9.73. The van der Waals surface area contributed by atoms with Crippen LogP contribution in [0.15, 0.2) is 17.8 Å². The summed E-state index contributed by atoms with van der Waals surface area (Å²) in [4.78, 5) is 51.4. The molecule has 17 atom stereocenters. The highest BCUT2D eigenvalue weighted by atomic mass is 32.2. The number of carboxylic acids is 2. The van der Waals surface area contributed by atoms with E-state index in [9.17, 15) is 70.5 Å². The number of alkyl halides is 6. The third kappa shape index (κ3) is 25.3. The number of likely N-dealkylation sites (N-methyl/N-ethyl adjacent to an activating group) is 2. The first-order valence-corrected chi connectivity index (χ1v) is 28.9. The van der Waals surface area contributed by atoms with Crippen molar-refractivity contribution >= 4 is 59.4 Å². The number of nitrogens with zero attached hydrogens (tertiary/aromatic N) is 5. The van der Waals surface area contributed by atoms with E-state index in [1.807, 2.05) is 46.7 Å². The van der Waals surface area contributed by atoms with Gasteiger partial charge in [0, 0.05) is 55.0 Å². The predicted octanol–water partition coefficient (Wildman–Crippen LogP) is 5.21. The number of hydrogen-bond acceptors (Lipinski definition) is 19. The molecule has 0 spiro atoms. The van der Waals surface area contributed by atoms with Crippen LogP contribution in [0.2, 0.25) is 0 Å². The second kappa shape index (κ2) is 38.2. The molecule has 0 aromatic heterocycles. The lowest BCUT2D eigenvalue weighted by Gasteiger charge is -2.49. The Morgan fingerprint density at radius 1 is 0.704 bits per heavy atom. The van der Waals surface area contributed by atoms with Crippen LogP contribution in [-0.2, 0) is 28.7 Å². The van der Waals surface area contributed by atoms with E-state index in [1.165, 1.54) is 29.8 Å². The Morgan fingerprint density at radius 2 is 1.01 bits per heavy atom. The number of carbonyl (C=O) groups is 4. The molecule has 22 nitrogen and oxygen atoms in total. The fourth-order valence-corrected chi connectivity index (χ4v) is 10.6. The summed E-state index contributed by atoms with van der Waals surface area (Å²) in [7, 11) is 4.89. The summed E-state index contributed by atoms with van der Waals surface area (Å²) in [6.45, 7) is 19.1. The molecule has 0 radical (unpaired) electrons. The molecule has 11 N–H and O–H groups in total. The first-order chi connectivity index (χ1) is 36.9. The van der Waals surface area contributed by atoms with Gasteiger partial charge in [-0.1, -0.05) is 79.9 Å². The molecule has 4 saturated heterocycles. The molecule has 0 saturated carbocycles. The predicted molar refractivity (Wildman–Crippen MR) is 296 cm³/mol. The first kappa shape index (κ1) is 82.3. The number of aliphatic carboxylic acids is 2. The van der Waals surface area contributed by atoms with Crippen molar-refractivity contribution in [3.63, 3.8) is 0 Å². The lowest BCUT2D eigenvalue weighted by Crippen LogP contribution is -2.67. The maximum absolute atomic E-state index is 13.4. The van der Waals surface area contributed by atoms with Gasteiger partial charge in [0.25, 0.3) is 0 Å². The smallest absolute Gasteiger partial charge is 0.475 e. The van der Waals surface area contributed by atoms with Gasteiger partial charge < -0.3 is 66.1 Å². The number of thioether (sulfide) groups is 2. The summed E-state index contributed by atoms with van der Waals surface area (Å²) in [5, 5.41) is 93.9. The maximum Gasteiger partial charge on any atom is 0.490 e. The summed E-state index contributed by atoms with van der Waals surface area (Å²) in [6.07, 6.45) is -7.58. The molecule has 4 aliphatic heterocycles. The van der Waals surface area contributed by atoms with Gasteiger partial charge in [0.15, 0.2) is 0 Å². The molecule has 81 heavy (non-hydrogen) atoms. The zero-order chi connectivity index (χ0) is 63.0. The number of rotatable bonds is 17. The molecule has 32 heteroatoms. The lowest BCUT2D eigenvalue weighted by molar-refractivity contribution is -0.213. The van der Waals surface area contributed by atoms with Crippen LogP contribution in [0.3, 0.4) is 0 Å². The van der Waals surface area contributed by atoms with Crippen LogP contribution < -0.4 is 10.6 Å². The summed E-state index contributed by atoms with van der Waals surface area (Å²) in [5.74, 6) is -4.86. The van der Waals surface area contributed by atoms with Gasteiger partial charge in [-0.2, -0.15) is 30.2 Å². The second-order valence-electron chi connectivity index (χ2n) is 20.5. The van der Waals surface area contributed by atoms with Crippen molar-refractivity contribution in [2.75, 3.05) is 53.1 Å². The quantitative estimate of drug-likeness (QED) is 0.0293. The fourth-order valence-electron chi connectivity index (χ4n) is 9.24. The van der Waals surface area contributed by atoms with E-state index in [2.05, 4.69) is 46.0 Å². The van der Waals surface area contributed by atoms with Crippen molar-refractivity contribution in [2.24, 2.45) is 27.8 Å². The minimum Gasteiger partial charge on any atom is -0.475 e. The number of aliphatic hydroxyl groups is 7. The van der Waals surface area contributed by atoms with Crippen molar-refractivity contribution < 1.29 is 105 Å². The van der Waals surface area contributed by atoms with Crippen molar-refractivity contribution in [3.8, 4) is 0 Å². The van der Waals surface area contributed by atoms with E-state index in [4.69, 9.17) is 39.9 Å². The van der Waals surface area contributed by atoms with Crippen LogP contribution in [0.5, 0.6) is 0 Å². The van der Waals surface area contributed by atoms with Gasteiger partial charge in [-0.25, -0.2) is 9.59 Å². The number of ether oxygens (including phenoxy) is 2. The largest absolute Gasteiger partial charge is 0.490 e. The summed E-state index contributed by atoms with van der Waals surface area (Å²) in [5.41, 5.74) is 6.09. The molecule has 4 aliphatic rings. The average molecular weight is 1250 g/mol. The zero-order valence-electron chi connectivity index (χ0n) is 47.3. The molecule has 0 bridgehead atoms. The number of carboxylic acid groups (broad SMARTS) is 2. The molecule has 4 rings (SSSR count). The molecule has 5 unspecified atom stereocenters. The van der Waals surface area contributed by atoms with Crippen molar-refractivity contribution in [3.05, 3.63) is 23.1 Å². The van der Waals surface area contributed by atoms with Crippen molar-refractivity contribution in [1.29, 1.82) is 0 Å². The molecule has 2 amide bonds. The van der Waals surface area contributed by atoms with Gasteiger partial charge in [0.1, 0.15) is 59.7 Å². The Balaban J connectivity index is -0.00000113. The van der Waals surface area contributed by atoms with Crippen LogP contribution in [-0.4, -0.2) is 235 Å². The minimum atomic E-state index is -5.08. The van der Waals surface area contributed by atoms with E-state index in [1.54, 1.807) is 25.5 Å². The van der Waals surface area contributed by atoms with Crippen molar-refractivity contribution in [1.82, 2.24) is 20.4 Å². The van der Waals surface area contributed by atoms with Crippen LogP contribution in [0.1, 0.15) is 94.4 Å². The Morgan fingerprint density at radius 3 is 1.28 bits per heavy atom. The molecule has 0 aliphatic carbocycles. The van der Waals surface area contributed by atoms with Gasteiger partial charge in [0.05, 0.1) is 24.2 Å². The first-order valence-electron chi connectivity index (χ1n) is 25.2. The monoisotopic (exact) mass is 1250 g/mol. The molecule has 0 aromatic carbocycles. The Kier molecular flexibility index (Phi) is 38.8. The van der Waals surface area contributed by atoms with E-state index in [0.717, 1.165) is 58.7 Å². The highest BCUT2D eigenvalue weighted by Gasteiger charge is 2.53.